The monoisotopic (exact) mass is 307 g/mol. The third-order valence-electron chi connectivity index (χ3n) is 4.27. The molecule has 1 N–H and O–H groups in total. The third kappa shape index (κ3) is 5.04. The van der Waals surface area contributed by atoms with Crippen LogP contribution in [0, 0.1) is 0 Å². The summed E-state index contributed by atoms with van der Waals surface area (Å²) in [4.78, 5) is 11.5. The van der Waals surface area contributed by atoms with E-state index in [9.17, 15) is 4.79 Å². The molecule has 0 bridgehead atoms. The molecule has 21 heavy (non-hydrogen) atoms. The van der Waals surface area contributed by atoms with Gasteiger partial charge in [-0.25, -0.2) is 0 Å². The fourth-order valence-corrected chi connectivity index (χ4v) is 3.63. The number of thioether (sulfide) groups is 1. The molecule has 1 aliphatic rings. The number of rotatable bonds is 6. The Balaban J connectivity index is 1.87. The largest absolute Gasteiger partial charge is 0.469 e. The number of methoxy groups -OCH3 is 1. The molecule has 2 rings (SSSR count). The lowest BCUT2D eigenvalue weighted by atomic mass is 9.94. The van der Waals surface area contributed by atoms with Gasteiger partial charge < -0.3 is 10.1 Å². The minimum absolute atomic E-state index is 0.178. The van der Waals surface area contributed by atoms with Gasteiger partial charge in [0, 0.05) is 17.8 Å². The van der Waals surface area contributed by atoms with E-state index in [2.05, 4.69) is 17.6 Å². The second-order valence-electron chi connectivity index (χ2n) is 5.61. The van der Waals surface area contributed by atoms with Crippen LogP contribution in [0.5, 0.6) is 0 Å². The molecule has 1 aromatic rings. The lowest BCUT2D eigenvalue weighted by Crippen LogP contribution is -2.33. The van der Waals surface area contributed by atoms with Gasteiger partial charge in [-0.05, 0) is 43.1 Å². The molecule has 1 fully saturated rings. The van der Waals surface area contributed by atoms with Crippen molar-refractivity contribution in [3.05, 3.63) is 35.4 Å². The second-order valence-corrected chi connectivity index (χ2v) is 6.75. The van der Waals surface area contributed by atoms with Crippen LogP contribution in [0.3, 0.4) is 0 Å². The van der Waals surface area contributed by atoms with Gasteiger partial charge in [0.2, 0.25) is 0 Å². The Hall–Kier alpha value is -1.00. The van der Waals surface area contributed by atoms with Crippen LogP contribution in [-0.2, 0) is 22.5 Å². The molecule has 0 radical (unpaired) electrons. The summed E-state index contributed by atoms with van der Waals surface area (Å²) in [6.45, 7) is 0.835. The number of ether oxygens (including phenoxy) is 1. The first-order valence-corrected chi connectivity index (χ1v) is 8.91. The Morgan fingerprint density at radius 2 is 1.90 bits per heavy atom. The highest BCUT2D eigenvalue weighted by atomic mass is 32.2. The number of carbonyl (C=O) groups excluding carboxylic acids is 1. The summed E-state index contributed by atoms with van der Waals surface area (Å²) >= 11 is 1.99. The molecule has 1 saturated carbocycles. The average molecular weight is 307 g/mol. The molecule has 0 aliphatic heterocycles. The van der Waals surface area contributed by atoms with Crippen molar-refractivity contribution in [3.8, 4) is 0 Å². The maximum absolute atomic E-state index is 11.5. The van der Waals surface area contributed by atoms with Gasteiger partial charge in [-0.3, -0.25) is 4.79 Å². The van der Waals surface area contributed by atoms with Crippen LogP contribution in [0.1, 0.15) is 36.8 Å². The van der Waals surface area contributed by atoms with Crippen LogP contribution >= 0.6 is 11.8 Å². The SMILES string of the molecule is COC(=O)Cc1ccccc1CNC1CCC(SC)CC1. The van der Waals surface area contributed by atoms with Gasteiger partial charge in [0.1, 0.15) is 0 Å². The molecule has 1 aliphatic carbocycles. The van der Waals surface area contributed by atoms with E-state index in [0.717, 1.165) is 17.4 Å². The summed E-state index contributed by atoms with van der Waals surface area (Å²) in [6.07, 6.45) is 7.69. The van der Waals surface area contributed by atoms with Crippen molar-refractivity contribution in [2.75, 3.05) is 13.4 Å². The van der Waals surface area contributed by atoms with Crippen LogP contribution < -0.4 is 5.32 Å². The minimum Gasteiger partial charge on any atom is -0.469 e. The first-order valence-electron chi connectivity index (χ1n) is 7.62. The molecule has 1 aromatic carbocycles. The summed E-state index contributed by atoms with van der Waals surface area (Å²) in [5.74, 6) is -0.178. The zero-order chi connectivity index (χ0) is 15.1. The molecular weight excluding hydrogens is 282 g/mol. The van der Waals surface area contributed by atoms with E-state index in [1.54, 1.807) is 0 Å². The van der Waals surface area contributed by atoms with Gasteiger partial charge in [0.15, 0.2) is 0 Å². The van der Waals surface area contributed by atoms with Gasteiger partial charge in [-0.15, -0.1) is 0 Å². The smallest absolute Gasteiger partial charge is 0.309 e. The lowest BCUT2D eigenvalue weighted by Gasteiger charge is -2.28. The molecule has 0 heterocycles. The summed E-state index contributed by atoms with van der Waals surface area (Å²) < 4.78 is 4.77. The zero-order valence-corrected chi connectivity index (χ0v) is 13.7. The van der Waals surface area contributed by atoms with Crippen molar-refractivity contribution in [2.24, 2.45) is 0 Å². The summed E-state index contributed by atoms with van der Waals surface area (Å²) in [6, 6.07) is 8.73. The van der Waals surface area contributed by atoms with E-state index in [4.69, 9.17) is 4.74 Å². The van der Waals surface area contributed by atoms with Crippen molar-refractivity contribution >= 4 is 17.7 Å². The normalized spacial score (nSPS) is 22.0. The summed E-state index contributed by atoms with van der Waals surface area (Å²) in [7, 11) is 1.44. The van der Waals surface area contributed by atoms with Crippen molar-refractivity contribution in [1.29, 1.82) is 0 Å². The van der Waals surface area contributed by atoms with Crippen LogP contribution in [0.2, 0.25) is 0 Å². The fraction of sp³-hybridized carbons (Fsp3) is 0.588. The lowest BCUT2D eigenvalue weighted by molar-refractivity contribution is -0.139. The molecular formula is C17H25NO2S. The molecule has 0 amide bonds. The molecule has 0 aromatic heterocycles. The quantitative estimate of drug-likeness (QED) is 0.819. The van der Waals surface area contributed by atoms with Crippen molar-refractivity contribution in [3.63, 3.8) is 0 Å². The van der Waals surface area contributed by atoms with Crippen LogP contribution in [0.4, 0.5) is 0 Å². The first-order chi connectivity index (χ1) is 10.2. The van der Waals surface area contributed by atoms with Gasteiger partial charge in [0.25, 0.3) is 0 Å². The Morgan fingerprint density at radius 1 is 1.24 bits per heavy atom. The Kier molecular flexibility index (Phi) is 6.58. The second kappa shape index (κ2) is 8.44. The predicted octanol–water partition coefficient (Wildman–Crippen LogP) is 3.17. The summed E-state index contributed by atoms with van der Waals surface area (Å²) in [5, 5.41) is 4.50. The van der Waals surface area contributed by atoms with Crippen molar-refractivity contribution in [2.45, 2.75) is 49.9 Å². The van der Waals surface area contributed by atoms with Crippen LogP contribution in [-0.4, -0.2) is 30.6 Å². The van der Waals surface area contributed by atoms with E-state index in [0.29, 0.717) is 12.5 Å². The number of esters is 1. The average Bonchev–Trinajstić information content (AvgIpc) is 2.54. The van der Waals surface area contributed by atoms with Crippen LogP contribution in [0.15, 0.2) is 24.3 Å². The van der Waals surface area contributed by atoms with E-state index < -0.39 is 0 Å². The van der Waals surface area contributed by atoms with Gasteiger partial charge in [-0.1, -0.05) is 24.3 Å². The molecule has 0 spiro atoms. The molecule has 116 valence electrons. The highest BCUT2D eigenvalue weighted by Crippen LogP contribution is 2.27. The number of hydrogen-bond acceptors (Lipinski definition) is 4. The Morgan fingerprint density at radius 3 is 2.52 bits per heavy atom. The first kappa shape index (κ1) is 16.4. The Labute approximate surface area is 131 Å². The topological polar surface area (TPSA) is 38.3 Å². The van der Waals surface area contributed by atoms with Gasteiger partial charge in [0.05, 0.1) is 13.5 Å². The molecule has 3 nitrogen and oxygen atoms in total. The minimum atomic E-state index is -0.178. The van der Waals surface area contributed by atoms with E-state index in [1.165, 1.54) is 38.4 Å². The number of carbonyl (C=O) groups is 1. The highest BCUT2D eigenvalue weighted by Gasteiger charge is 2.20. The summed E-state index contributed by atoms with van der Waals surface area (Å²) in [5.41, 5.74) is 2.27. The van der Waals surface area contributed by atoms with Crippen molar-refractivity contribution < 1.29 is 9.53 Å². The molecule has 0 saturated heterocycles. The predicted molar refractivity (Wildman–Crippen MR) is 88.6 cm³/mol. The standard InChI is InChI=1S/C17H25NO2S/c1-20-17(19)11-13-5-3-4-6-14(13)12-18-15-7-9-16(21-2)10-8-15/h3-6,15-16,18H,7-12H2,1-2H3. The fourth-order valence-electron chi connectivity index (χ4n) is 2.89. The van der Waals surface area contributed by atoms with E-state index >= 15 is 0 Å². The van der Waals surface area contributed by atoms with E-state index in [-0.39, 0.29) is 5.97 Å². The zero-order valence-electron chi connectivity index (χ0n) is 12.9. The number of nitrogens with one attached hydrogen (secondary N) is 1. The van der Waals surface area contributed by atoms with Crippen LogP contribution in [0.25, 0.3) is 0 Å². The number of benzene rings is 1. The van der Waals surface area contributed by atoms with Gasteiger partial charge in [-0.2, -0.15) is 11.8 Å². The highest BCUT2D eigenvalue weighted by molar-refractivity contribution is 7.99. The molecule has 0 unspecified atom stereocenters. The third-order valence-corrected chi connectivity index (χ3v) is 5.41. The van der Waals surface area contributed by atoms with Gasteiger partial charge >= 0.3 is 5.97 Å². The maximum atomic E-state index is 11.5. The molecule has 4 heteroatoms. The van der Waals surface area contributed by atoms with Crippen molar-refractivity contribution in [1.82, 2.24) is 5.32 Å². The maximum Gasteiger partial charge on any atom is 0.309 e. The number of hydrogen-bond donors (Lipinski definition) is 1. The Bertz CT molecular complexity index is 456. The van der Waals surface area contributed by atoms with E-state index in [1.807, 2.05) is 30.0 Å². The molecule has 0 atom stereocenters.